The van der Waals surface area contributed by atoms with Gasteiger partial charge in [-0.15, -0.1) is 0 Å². The number of rotatable bonds is 2. The van der Waals surface area contributed by atoms with Gasteiger partial charge in [0, 0.05) is 6.07 Å². The molecule has 0 spiro atoms. The molecule has 1 aromatic carbocycles. The first-order valence-electron chi connectivity index (χ1n) is 4.95. The zero-order chi connectivity index (χ0) is 12.3. The predicted molar refractivity (Wildman–Crippen MR) is 63.7 cm³/mol. The number of benzene rings is 1. The summed E-state index contributed by atoms with van der Waals surface area (Å²) < 4.78 is 5.00. The maximum absolute atomic E-state index is 11.1. The zero-order valence-electron chi connectivity index (χ0n) is 8.83. The summed E-state index contributed by atoms with van der Waals surface area (Å²) in [6.45, 7) is 0. The molecular weight excluding hydrogens is 220 g/mol. The maximum Gasteiger partial charge on any atom is 0.227 e. The van der Waals surface area contributed by atoms with Gasteiger partial charge in [0.2, 0.25) is 11.2 Å². The van der Waals surface area contributed by atoms with Crippen LogP contribution in [0.3, 0.4) is 0 Å². The highest BCUT2D eigenvalue weighted by molar-refractivity contribution is 5.69. The van der Waals surface area contributed by atoms with Gasteiger partial charge in [-0.2, -0.15) is 0 Å². The van der Waals surface area contributed by atoms with Crippen LogP contribution in [0.1, 0.15) is 11.3 Å². The molecule has 2 rings (SSSR count). The van der Waals surface area contributed by atoms with Crippen LogP contribution in [-0.4, -0.2) is 10.2 Å². The SMILES string of the molecule is O=c1ccoc(/C=C/c2ccc(O)cc2)c1O. The summed E-state index contributed by atoms with van der Waals surface area (Å²) >= 11 is 0. The Hall–Kier alpha value is -2.49. The van der Waals surface area contributed by atoms with Gasteiger partial charge in [0.1, 0.15) is 5.75 Å². The third-order valence-corrected chi connectivity index (χ3v) is 2.20. The summed E-state index contributed by atoms with van der Waals surface area (Å²) in [7, 11) is 0. The molecule has 0 radical (unpaired) electrons. The fraction of sp³-hybridized carbons (Fsp3) is 0. The van der Waals surface area contributed by atoms with Crippen LogP contribution in [0.25, 0.3) is 12.2 Å². The van der Waals surface area contributed by atoms with Gasteiger partial charge in [0.25, 0.3) is 0 Å². The van der Waals surface area contributed by atoms with Gasteiger partial charge in [0.05, 0.1) is 6.26 Å². The molecule has 0 atom stereocenters. The number of hydrogen-bond acceptors (Lipinski definition) is 4. The van der Waals surface area contributed by atoms with Crippen LogP contribution >= 0.6 is 0 Å². The molecule has 2 N–H and O–H groups in total. The molecule has 0 saturated carbocycles. The Morgan fingerprint density at radius 1 is 1.00 bits per heavy atom. The summed E-state index contributed by atoms with van der Waals surface area (Å²) in [6.07, 6.45) is 4.37. The van der Waals surface area contributed by atoms with Gasteiger partial charge < -0.3 is 14.6 Å². The first kappa shape index (κ1) is 11.0. The topological polar surface area (TPSA) is 70.7 Å². The number of phenolic OH excluding ortho intramolecular Hbond substituents is 1. The smallest absolute Gasteiger partial charge is 0.227 e. The molecule has 0 bridgehead atoms. The second kappa shape index (κ2) is 4.57. The van der Waals surface area contributed by atoms with Gasteiger partial charge in [0.15, 0.2) is 5.76 Å². The van der Waals surface area contributed by atoms with E-state index in [-0.39, 0.29) is 11.5 Å². The first-order chi connectivity index (χ1) is 8.16. The Balaban J connectivity index is 2.29. The molecule has 0 amide bonds. The lowest BCUT2D eigenvalue weighted by Crippen LogP contribution is -1.97. The zero-order valence-corrected chi connectivity index (χ0v) is 8.83. The van der Waals surface area contributed by atoms with Crippen molar-refractivity contribution < 1.29 is 14.6 Å². The fourth-order valence-electron chi connectivity index (χ4n) is 1.30. The van der Waals surface area contributed by atoms with E-state index in [1.165, 1.54) is 12.3 Å². The van der Waals surface area contributed by atoms with Crippen molar-refractivity contribution in [3.8, 4) is 11.5 Å². The molecule has 0 saturated heterocycles. The summed E-state index contributed by atoms with van der Waals surface area (Å²) in [5, 5.41) is 18.5. The average molecular weight is 230 g/mol. The summed E-state index contributed by atoms with van der Waals surface area (Å²) in [5.74, 6) is -0.135. The van der Waals surface area contributed by atoms with E-state index in [4.69, 9.17) is 9.52 Å². The van der Waals surface area contributed by atoms with Crippen LogP contribution in [0.4, 0.5) is 0 Å². The lowest BCUT2D eigenvalue weighted by atomic mass is 10.2. The van der Waals surface area contributed by atoms with Crippen molar-refractivity contribution in [3.63, 3.8) is 0 Å². The molecule has 0 aliphatic carbocycles. The van der Waals surface area contributed by atoms with Crippen molar-refractivity contribution in [2.24, 2.45) is 0 Å². The van der Waals surface area contributed by atoms with Crippen LogP contribution in [0.15, 0.2) is 45.8 Å². The molecule has 0 aliphatic heterocycles. The molecule has 1 heterocycles. The fourth-order valence-corrected chi connectivity index (χ4v) is 1.30. The van der Waals surface area contributed by atoms with E-state index in [9.17, 15) is 9.90 Å². The summed E-state index contributed by atoms with van der Waals surface area (Å²) in [5.41, 5.74) is 0.329. The van der Waals surface area contributed by atoms with Gasteiger partial charge in [-0.3, -0.25) is 4.79 Å². The average Bonchev–Trinajstić information content (AvgIpc) is 2.33. The van der Waals surface area contributed by atoms with Crippen LogP contribution in [0.5, 0.6) is 11.5 Å². The third-order valence-electron chi connectivity index (χ3n) is 2.20. The largest absolute Gasteiger partial charge is 0.508 e. The molecule has 0 aliphatic rings. The van der Waals surface area contributed by atoms with Crippen molar-refractivity contribution in [2.45, 2.75) is 0 Å². The number of phenols is 1. The monoisotopic (exact) mass is 230 g/mol. The predicted octanol–water partition coefficient (Wildman–Crippen LogP) is 2.22. The van der Waals surface area contributed by atoms with Gasteiger partial charge in [-0.25, -0.2) is 0 Å². The lowest BCUT2D eigenvalue weighted by Gasteiger charge is -1.96. The van der Waals surface area contributed by atoms with Gasteiger partial charge >= 0.3 is 0 Å². The standard InChI is InChI=1S/C13H10O4/c14-10-4-1-9(2-5-10)3-6-12-13(16)11(15)7-8-17-12/h1-8,14,16H/b6-3+. The van der Waals surface area contributed by atoms with Gasteiger partial charge in [-0.05, 0) is 23.8 Å². The number of aromatic hydroxyl groups is 2. The molecule has 1 aromatic heterocycles. The molecular formula is C13H10O4. The van der Waals surface area contributed by atoms with Crippen LogP contribution in [-0.2, 0) is 0 Å². The summed E-state index contributed by atoms with van der Waals surface area (Å²) in [6, 6.07) is 7.63. The molecule has 4 heteroatoms. The number of hydrogen-bond donors (Lipinski definition) is 2. The third kappa shape index (κ3) is 2.55. The molecule has 17 heavy (non-hydrogen) atoms. The Morgan fingerprint density at radius 3 is 2.41 bits per heavy atom. The van der Waals surface area contributed by atoms with Crippen molar-refractivity contribution in [1.29, 1.82) is 0 Å². The van der Waals surface area contributed by atoms with Crippen molar-refractivity contribution in [3.05, 3.63) is 58.1 Å². The van der Waals surface area contributed by atoms with Crippen molar-refractivity contribution >= 4 is 12.2 Å². The minimum absolute atomic E-state index is 0.102. The first-order valence-corrected chi connectivity index (χ1v) is 4.95. The second-order valence-electron chi connectivity index (χ2n) is 3.42. The Labute approximate surface area is 97.1 Å². The van der Waals surface area contributed by atoms with E-state index < -0.39 is 11.2 Å². The van der Waals surface area contributed by atoms with E-state index in [1.807, 2.05) is 0 Å². The van der Waals surface area contributed by atoms with Crippen LogP contribution in [0, 0.1) is 0 Å². The highest BCUT2D eigenvalue weighted by Crippen LogP contribution is 2.16. The Kier molecular flexibility index (Phi) is 2.96. The molecule has 0 unspecified atom stereocenters. The molecule has 4 nitrogen and oxygen atoms in total. The quantitative estimate of drug-likeness (QED) is 0.829. The van der Waals surface area contributed by atoms with Gasteiger partial charge in [-0.1, -0.05) is 18.2 Å². The van der Waals surface area contributed by atoms with E-state index in [0.29, 0.717) is 0 Å². The second-order valence-corrected chi connectivity index (χ2v) is 3.42. The Bertz CT molecular complexity index is 594. The normalized spacial score (nSPS) is 10.8. The Morgan fingerprint density at radius 2 is 1.71 bits per heavy atom. The molecule has 2 aromatic rings. The van der Waals surface area contributed by atoms with E-state index in [2.05, 4.69) is 0 Å². The minimum atomic E-state index is -0.485. The minimum Gasteiger partial charge on any atom is -0.508 e. The van der Waals surface area contributed by atoms with Crippen molar-refractivity contribution in [2.75, 3.05) is 0 Å². The van der Waals surface area contributed by atoms with E-state index in [1.54, 1.807) is 30.3 Å². The van der Waals surface area contributed by atoms with Crippen molar-refractivity contribution in [1.82, 2.24) is 0 Å². The summed E-state index contributed by atoms with van der Waals surface area (Å²) in [4.78, 5) is 11.1. The molecule has 86 valence electrons. The highest BCUT2D eigenvalue weighted by atomic mass is 16.4. The highest BCUT2D eigenvalue weighted by Gasteiger charge is 2.02. The lowest BCUT2D eigenvalue weighted by molar-refractivity contribution is 0.424. The van der Waals surface area contributed by atoms with Crippen LogP contribution in [0.2, 0.25) is 0 Å². The maximum atomic E-state index is 11.1. The van der Waals surface area contributed by atoms with E-state index in [0.717, 1.165) is 11.6 Å². The van der Waals surface area contributed by atoms with E-state index >= 15 is 0 Å². The van der Waals surface area contributed by atoms with Crippen LogP contribution < -0.4 is 5.43 Å². The molecule has 0 fully saturated rings.